The molecule has 2 aromatic carbocycles. The van der Waals surface area contributed by atoms with Crippen LogP contribution in [0, 0.1) is 0 Å². The second-order valence-corrected chi connectivity index (χ2v) is 6.44. The lowest BCUT2D eigenvalue weighted by Crippen LogP contribution is -2.47. The summed E-state index contributed by atoms with van der Waals surface area (Å²) >= 11 is 11.8. The van der Waals surface area contributed by atoms with Gasteiger partial charge in [-0.3, -0.25) is 4.79 Å². The lowest BCUT2D eigenvalue weighted by Gasteiger charge is -2.30. The van der Waals surface area contributed by atoms with Crippen molar-refractivity contribution in [3.8, 4) is 5.75 Å². The molecule has 1 fully saturated rings. The van der Waals surface area contributed by atoms with Crippen molar-refractivity contribution in [1.29, 1.82) is 0 Å². The molecule has 0 bridgehead atoms. The third kappa shape index (κ3) is 2.53. The molecule has 3 amide bonds. The predicted octanol–water partition coefficient (Wildman–Crippen LogP) is 3.96. The second kappa shape index (κ2) is 6.20. The molecule has 0 radical (unpaired) electrons. The van der Waals surface area contributed by atoms with E-state index in [0.717, 1.165) is 9.80 Å². The van der Waals surface area contributed by atoms with E-state index in [1.807, 2.05) is 0 Å². The molecule has 0 spiro atoms. The summed E-state index contributed by atoms with van der Waals surface area (Å²) in [5, 5.41) is 9.87. The molecule has 25 heavy (non-hydrogen) atoms. The number of anilines is 1. The fourth-order valence-corrected chi connectivity index (χ4v) is 3.15. The Morgan fingerprint density at radius 3 is 2.28 bits per heavy atom. The van der Waals surface area contributed by atoms with Crippen LogP contribution in [0.2, 0.25) is 10.0 Å². The maximum absolute atomic E-state index is 14.1. The number of rotatable bonds is 3. The Kier molecular flexibility index (Phi) is 4.34. The molecule has 0 saturated carbocycles. The first-order valence-electron chi connectivity index (χ1n) is 7.26. The number of phenols is 1. The van der Waals surface area contributed by atoms with E-state index in [1.54, 1.807) is 0 Å². The Hall–Kier alpha value is -2.31. The monoisotopic (exact) mass is 382 g/mol. The van der Waals surface area contributed by atoms with Crippen LogP contribution in [-0.2, 0) is 10.3 Å². The first kappa shape index (κ1) is 17.5. The number of hydrogen-bond donors (Lipinski definition) is 1. The smallest absolute Gasteiger partial charge is 0.332 e. The fourth-order valence-electron chi connectivity index (χ4n) is 2.86. The maximum atomic E-state index is 14.1. The molecule has 5 nitrogen and oxygen atoms in total. The Bertz CT molecular complexity index is 859. The van der Waals surface area contributed by atoms with Crippen molar-refractivity contribution >= 4 is 40.8 Å². The van der Waals surface area contributed by atoms with Gasteiger partial charge in [0.15, 0.2) is 5.54 Å². The van der Waals surface area contributed by atoms with Gasteiger partial charge in [0.2, 0.25) is 0 Å². The van der Waals surface area contributed by atoms with Gasteiger partial charge in [-0.15, -0.1) is 0 Å². The molecule has 1 aliphatic rings. The number of phenolic OH excluding ortho intramolecular Hbond substituents is 1. The molecule has 1 saturated heterocycles. The zero-order chi connectivity index (χ0) is 18.4. The van der Waals surface area contributed by atoms with Crippen molar-refractivity contribution in [2.45, 2.75) is 5.54 Å². The van der Waals surface area contributed by atoms with Crippen LogP contribution in [-0.4, -0.2) is 35.7 Å². The van der Waals surface area contributed by atoms with Crippen LogP contribution < -0.4 is 4.90 Å². The number of alkyl halides is 1. The number of urea groups is 1. The van der Waals surface area contributed by atoms with E-state index in [-0.39, 0.29) is 27.0 Å². The predicted molar refractivity (Wildman–Crippen MR) is 92.9 cm³/mol. The van der Waals surface area contributed by atoms with E-state index in [1.165, 1.54) is 49.5 Å². The first-order valence-corrected chi connectivity index (χ1v) is 8.01. The zero-order valence-electron chi connectivity index (χ0n) is 13.0. The highest BCUT2D eigenvalue weighted by Crippen LogP contribution is 2.40. The molecular weight excluding hydrogens is 370 g/mol. The van der Waals surface area contributed by atoms with Crippen molar-refractivity contribution in [2.75, 3.05) is 18.6 Å². The number of likely N-dealkylation sites (N-methyl/N-ethyl adjacent to an activating group) is 1. The summed E-state index contributed by atoms with van der Waals surface area (Å²) in [5.74, 6) is -0.773. The second-order valence-electron chi connectivity index (χ2n) is 5.62. The van der Waals surface area contributed by atoms with Gasteiger partial charge in [-0.25, -0.2) is 14.1 Å². The number of carbonyl (C=O) groups is 2. The molecule has 2 aromatic rings. The summed E-state index contributed by atoms with van der Waals surface area (Å²) in [6, 6.07) is 9.09. The highest BCUT2D eigenvalue weighted by atomic mass is 35.5. The van der Waals surface area contributed by atoms with Crippen LogP contribution in [0.1, 0.15) is 5.56 Å². The normalized spacial score (nSPS) is 20.5. The largest absolute Gasteiger partial charge is 0.508 e. The minimum Gasteiger partial charge on any atom is -0.508 e. The molecular formula is C17H13Cl2FN2O3. The molecule has 0 aliphatic carbocycles. The Labute approximate surface area is 153 Å². The van der Waals surface area contributed by atoms with Gasteiger partial charge in [0.1, 0.15) is 12.4 Å². The van der Waals surface area contributed by atoms with Crippen LogP contribution in [0.4, 0.5) is 14.9 Å². The van der Waals surface area contributed by atoms with Crippen molar-refractivity contribution in [3.63, 3.8) is 0 Å². The van der Waals surface area contributed by atoms with E-state index in [2.05, 4.69) is 0 Å². The van der Waals surface area contributed by atoms with Crippen molar-refractivity contribution in [2.24, 2.45) is 0 Å². The van der Waals surface area contributed by atoms with Gasteiger partial charge in [0, 0.05) is 7.05 Å². The van der Waals surface area contributed by atoms with E-state index >= 15 is 0 Å². The van der Waals surface area contributed by atoms with Gasteiger partial charge < -0.3 is 10.0 Å². The highest BCUT2D eigenvalue weighted by Gasteiger charge is 2.57. The van der Waals surface area contributed by atoms with Gasteiger partial charge in [-0.1, -0.05) is 35.3 Å². The lowest BCUT2D eigenvalue weighted by atomic mass is 9.89. The van der Waals surface area contributed by atoms with Crippen molar-refractivity contribution < 1.29 is 19.1 Å². The molecule has 1 unspecified atom stereocenters. The summed E-state index contributed by atoms with van der Waals surface area (Å²) in [5.41, 5.74) is -1.35. The SMILES string of the molecule is CN1C(=O)N(c2ccc(Cl)c(Cl)c2)C(=O)C1(CF)c1ccc(O)cc1. The fraction of sp³-hybridized carbons (Fsp3) is 0.176. The molecule has 8 heteroatoms. The number of amides is 3. The van der Waals surface area contributed by atoms with E-state index in [9.17, 15) is 19.1 Å². The van der Waals surface area contributed by atoms with Gasteiger partial charge in [-0.2, -0.15) is 0 Å². The molecule has 1 heterocycles. The quantitative estimate of drug-likeness (QED) is 0.817. The Morgan fingerprint density at radius 1 is 1.08 bits per heavy atom. The number of halogens is 3. The van der Waals surface area contributed by atoms with Crippen LogP contribution in [0.25, 0.3) is 0 Å². The van der Waals surface area contributed by atoms with Gasteiger partial charge in [0.25, 0.3) is 5.91 Å². The summed E-state index contributed by atoms with van der Waals surface area (Å²) < 4.78 is 14.1. The lowest BCUT2D eigenvalue weighted by molar-refractivity contribution is -0.125. The van der Waals surface area contributed by atoms with Crippen LogP contribution in [0.3, 0.4) is 0 Å². The maximum Gasteiger partial charge on any atom is 0.332 e. The standard InChI is InChI=1S/C17H13Cl2FN2O3/c1-21-16(25)22(11-4-7-13(18)14(19)8-11)15(24)17(21,9-20)10-2-5-12(23)6-3-10/h2-8,23H,9H2,1H3. The number of nitrogens with zero attached hydrogens (tertiary/aromatic N) is 2. The average Bonchev–Trinajstić information content (AvgIpc) is 2.79. The third-order valence-corrected chi connectivity index (χ3v) is 5.05. The third-order valence-electron chi connectivity index (χ3n) is 4.31. The topological polar surface area (TPSA) is 60.9 Å². The minimum atomic E-state index is -1.81. The van der Waals surface area contributed by atoms with Crippen molar-refractivity contribution in [3.05, 3.63) is 58.1 Å². The summed E-state index contributed by atoms with van der Waals surface area (Å²) in [6.07, 6.45) is 0. The average molecular weight is 383 g/mol. The molecule has 3 rings (SSSR count). The summed E-state index contributed by atoms with van der Waals surface area (Å²) in [6.45, 7) is -1.11. The zero-order valence-corrected chi connectivity index (χ0v) is 14.6. The number of hydrogen-bond acceptors (Lipinski definition) is 3. The molecule has 1 aliphatic heterocycles. The molecule has 1 N–H and O–H groups in total. The summed E-state index contributed by atoms with van der Waals surface area (Å²) in [4.78, 5) is 27.6. The number of carbonyl (C=O) groups excluding carboxylic acids is 2. The molecule has 1 atom stereocenters. The number of aromatic hydroxyl groups is 1. The van der Waals surface area contributed by atoms with Gasteiger partial charge in [-0.05, 0) is 35.9 Å². The van der Waals surface area contributed by atoms with Crippen LogP contribution in [0.15, 0.2) is 42.5 Å². The summed E-state index contributed by atoms with van der Waals surface area (Å²) in [7, 11) is 1.35. The van der Waals surface area contributed by atoms with E-state index in [0.29, 0.717) is 0 Å². The Morgan fingerprint density at radius 2 is 1.72 bits per heavy atom. The van der Waals surface area contributed by atoms with Crippen LogP contribution >= 0.6 is 23.2 Å². The van der Waals surface area contributed by atoms with Crippen molar-refractivity contribution in [1.82, 2.24) is 4.90 Å². The highest BCUT2D eigenvalue weighted by molar-refractivity contribution is 6.42. The Balaban J connectivity index is 2.13. The minimum absolute atomic E-state index is 0.0291. The first-order chi connectivity index (χ1) is 11.8. The van der Waals surface area contributed by atoms with Crippen LogP contribution in [0.5, 0.6) is 5.75 Å². The molecule has 0 aromatic heterocycles. The number of imide groups is 1. The molecule has 130 valence electrons. The van der Waals surface area contributed by atoms with Gasteiger partial charge >= 0.3 is 6.03 Å². The van der Waals surface area contributed by atoms with E-state index in [4.69, 9.17) is 23.2 Å². The van der Waals surface area contributed by atoms with Gasteiger partial charge in [0.05, 0.1) is 15.7 Å². The number of benzene rings is 2. The van der Waals surface area contributed by atoms with E-state index < -0.39 is 24.2 Å².